The third-order valence-electron chi connectivity index (χ3n) is 10.7. The van der Waals surface area contributed by atoms with Gasteiger partial charge in [0.15, 0.2) is 17.5 Å². The van der Waals surface area contributed by atoms with Crippen LogP contribution < -0.4 is 0 Å². The van der Waals surface area contributed by atoms with Crippen molar-refractivity contribution in [1.82, 2.24) is 15.0 Å². The van der Waals surface area contributed by atoms with Crippen LogP contribution in [0.1, 0.15) is 25.0 Å². The van der Waals surface area contributed by atoms with E-state index in [1.165, 1.54) is 44.0 Å². The molecule has 1 aliphatic carbocycles. The van der Waals surface area contributed by atoms with Gasteiger partial charge in [-0.05, 0) is 71.8 Å². The summed E-state index contributed by atoms with van der Waals surface area (Å²) in [5.74, 6) is 1.96. The molecule has 10 rings (SSSR count). The molecule has 0 bridgehead atoms. The Balaban J connectivity index is 1.27. The Hall–Kier alpha value is -6.45. The third-order valence-corrected chi connectivity index (χ3v) is 10.7. The van der Waals surface area contributed by atoms with E-state index in [2.05, 4.69) is 159 Å². The van der Waals surface area contributed by atoms with Crippen LogP contribution in [0.4, 0.5) is 0 Å². The first kappa shape index (κ1) is 29.5. The fourth-order valence-corrected chi connectivity index (χ4v) is 8.28. The highest BCUT2D eigenvalue weighted by Gasteiger charge is 2.36. The highest BCUT2D eigenvalue weighted by atomic mass is 15.0. The molecule has 3 nitrogen and oxygen atoms in total. The quantitative estimate of drug-likeness (QED) is 0.140. The molecule has 0 amide bonds. The van der Waals surface area contributed by atoms with Gasteiger partial charge in [-0.1, -0.05) is 172 Å². The van der Waals surface area contributed by atoms with Crippen LogP contribution in [0.3, 0.4) is 0 Å². The summed E-state index contributed by atoms with van der Waals surface area (Å²) >= 11 is 0. The van der Waals surface area contributed by atoms with Crippen molar-refractivity contribution in [3.8, 4) is 56.4 Å². The Labute approximate surface area is 297 Å². The summed E-state index contributed by atoms with van der Waals surface area (Å²) in [6.07, 6.45) is 0. The van der Waals surface area contributed by atoms with Crippen LogP contribution in [0.2, 0.25) is 0 Å². The number of nitrogens with zero attached hydrogens (tertiary/aromatic N) is 3. The standard InChI is InChI=1S/C48H33N3/c1-48(2)41-25-13-12-23-39(41)43-36(24-14-26-42(43)48)35-21-10-11-22-38(35)46-49-45(31-16-4-3-5-17-31)50-47(51-46)44-34-20-9-7-18-32(34)29-40-33-19-8-6-15-30(33)27-28-37(40)44/h3-29H,1-2H3. The van der Waals surface area contributed by atoms with Crippen molar-refractivity contribution in [3.63, 3.8) is 0 Å². The zero-order chi connectivity index (χ0) is 34.1. The van der Waals surface area contributed by atoms with E-state index in [0.717, 1.165) is 38.4 Å². The molecule has 0 fully saturated rings. The molecule has 0 aliphatic heterocycles. The summed E-state index contributed by atoms with van der Waals surface area (Å²) in [4.78, 5) is 15.9. The van der Waals surface area contributed by atoms with Crippen molar-refractivity contribution in [2.24, 2.45) is 0 Å². The number of hydrogen-bond acceptors (Lipinski definition) is 3. The summed E-state index contributed by atoms with van der Waals surface area (Å²) in [5.41, 5.74) is 10.4. The second-order valence-corrected chi connectivity index (χ2v) is 14.0. The highest BCUT2D eigenvalue weighted by Crippen LogP contribution is 2.53. The van der Waals surface area contributed by atoms with Crippen molar-refractivity contribution < 1.29 is 0 Å². The highest BCUT2D eigenvalue weighted by molar-refractivity contribution is 6.19. The minimum atomic E-state index is -0.0999. The van der Waals surface area contributed by atoms with Gasteiger partial charge in [0.1, 0.15) is 0 Å². The van der Waals surface area contributed by atoms with Crippen LogP contribution in [0, 0.1) is 0 Å². The predicted molar refractivity (Wildman–Crippen MR) is 212 cm³/mol. The zero-order valence-corrected chi connectivity index (χ0v) is 28.4. The van der Waals surface area contributed by atoms with Crippen molar-refractivity contribution in [2.75, 3.05) is 0 Å². The number of aromatic nitrogens is 3. The van der Waals surface area contributed by atoms with Gasteiger partial charge in [-0.25, -0.2) is 15.0 Å². The molecule has 3 heteroatoms. The zero-order valence-electron chi connectivity index (χ0n) is 28.4. The Morgan fingerprint density at radius 2 is 0.961 bits per heavy atom. The largest absolute Gasteiger partial charge is 0.208 e. The summed E-state index contributed by atoms with van der Waals surface area (Å²) in [6.45, 7) is 4.66. The van der Waals surface area contributed by atoms with E-state index in [-0.39, 0.29) is 5.41 Å². The van der Waals surface area contributed by atoms with Crippen molar-refractivity contribution in [2.45, 2.75) is 19.3 Å². The topological polar surface area (TPSA) is 38.7 Å². The maximum Gasteiger partial charge on any atom is 0.165 e. The Morgan fingerprint density at radius 1 is 0.353 bits per heavy atom. The van der Waals surface area contributed by atoms with E-state index in [9.17, 15) is 0 Å². The Kier molecular flexibility index (Phi) is 6.53. The molecule has 0 saturated heterocycles. The molecule has 8 aromatic carbocycles. The predicted octanol–water partition coefficient (Wildman–Crippen LogP) is 12.3. The Morgan fingerprint density at radius 3 is 1.80 bits per heavy atom. The maximum absolute atomic E-state index is 5.41. The van der Waals surface area contributed by atoms with Crippen molar-refractivity contribution in [1.29, 1.82) is 0 Å². The Bertz CT molecular complexity index is 2830. The lowest BCUT2D eigenvalue weighted by atomic mass is 9.82. The maximum atomic E-state index is 5.41. The fraction of sp³-hybridized carbons (Fsp3) is 0.0625. The van der Waals surface area contributed by atoms with E-state index < -0.39 is 0 Å². The first-order chi connectivity index (χ1) is 25.1. The molecule has 1 aromatic heterocycles. The van der Waals surface area contributed by atoms with Gasteiger partial charge < -0.3 is 0 Å². The van der Waals surface area contributed by atoms with E-state index in [4.69, 9.17) is 15.0 Å². The van der Waals surface area contributed by atoms with Crippen LogP contribution in [0.25, 0.3) is 88.7 Å². The van der Waals surface area contributed by atoms with E-state index in [0.29, 0.717) is 17.5 Å². The van der Waals surface area contributed by atoms with E-state index in [1.54, 1.807) is 0 Å². The van der Waals surface area contributed by atoms with Crippen LogP contribution in [0.5, 0.6) is 0 Å². The smallest absolute Gasteiger partial charge is 0.165 e. The van der Waals surface area contributed by atoms with Crippen LogP contribution in [-0.4, -0.2) is 15.0 Å². The molecule has 1 heterocycles. The van der Waals surface area contributed by atoms with Crippen LogP contribution in [0.15, 0.2) is 164 Å². The molecule has 0 radical (unpaired) electrons. The number of benzene rings is 8. The molecule has 0 spiro atoms. The molecule has 0 N–H and O–H groups in total. The number of rotatable bonds is 4. The molecule has 0 saturated carbocycles. The molecule has 0 unspecified atom stereocenters. The number of fused-ring (bicyclic) bond motifs is 7. The van der Waals surface area contributed by atoms with Crippen molar-refractivity contribution in [3.05, 3.63) is 175 Å². The summed E-state index contributed by atoms with van der Waals surface area (Å²) < 4.78 is 0. The molecule has 1 aliphatic rings. The summed E-state index contributed by atoms with van der Waals surface area (Å²) in [6, 6.07) is 58.3. The molecule has 51 heavy (non-hydrogen) atoms. The SMILES string of the molecule is CC1(C)c2ccccc2-c2c(-c3ccccc3-c3nc(-c4ccccc4)nc(-c4c5ccccc5cc5c4ccc4ccccc45)n3)cccc21. The van der Waals surface area contributed by atoms with Gasteiger partial charge >= 0.3 is 0 Å². The van der Waals surface area contributed by atoms with E-state index in [1.807, 2.05) is 18.2 Å². The second-order valence-electron chi connectivity index (χ2n) is 14.0. The van der Waals surface area contributed by atoms with Gasteiger partial charge in [0.05, 0.1) is 0 Å². The molecule has 240 valence electrons. The molecule has 9 aromatic rings. The lowest BCUT2D eigenvalue weighted by molar-refractivity contribution is 0.660. The monoisotopic (exact) mass is 651 g/mol. The molecular formula is C48H33N3. The lowest BCUT2D eigenvalue weighted by Crippen LogP contribution is -2.14. The molecule has 0 atom stereocenters. The minimum Gasteiger partial charge on any atom is -0.208 e. The lowest BCUT2D eigenvalue weighted by Gasteiger charge is -2.21. The minimum absolute atomic E-state index is 0.0999. The van der Waals surface area contributed by atoms with Gasteiger partial charge in [0, 0.05) is 22.1 Å². The number of hydrogen-bond donors (Lipinski definition) is 0. The van der Waals surface area contributed by atoms with Crippen molar-refractivity contribution >= 4 is 32.3 Å². The third kappa shape index (κ3) is 4.55. The second kappa shape index (κ2) is 11.3. The van der Waals surface area contributed by atoms with Crippen LogP contribution >= 0.6 is 0 Å². The fourth-order valence-electron chi connectivity index (χ4n) is 8.28. The van der Waals surface area contributed by atoms with Gasteiger partial charge in [0.2, 0.25) is 0 Å². The normalized spacial score (nSPS) is 13.1. The first-order valence-corrected chi connectivity index (χ1v) is 17.5. The average Bonchev–Trinajstić information content (AvgIpc) is 3.43. The van der Waals surface area contributed by atoms with Gasteiger partial charge in [-0.15, -0.1) is 0 Å². The van der Waals surface area contributed by atoms with Crippen LogP contribution in [-0.2, 0) is 5.41 Å². The van der Waals surface area contributed by atoms with Gasteiger partial charge in [0.25, 0.3) is 0 Å². The summed E-state index contributed by atoms with van der Waals surface area (Å²) in [5, 5.41) is 7.00. The van der Waals surface area contributed by atoms with Gasteiger partial charge in [-0.3, -0.25) is 0 Å². The van der Waals surface area contributed by atoms with E-state index >= 15 is 0 Å². The van der Waals surface area contributed by atoms with Gasteiger partial charge in [-0.2, -0.15) is 0 Å². The summed E-state index contributed by atoms with van der Waals surface area (Å²) in [7, 11) is 0. The molecular weight excluding hydrogens is 619 g/mol. The average molecular weight is 652 g/mol. The first-order valence-electron chi connectivity index (χ1n) is 17.5.